The zero-order chi connectivity index (χ0) is 28.4. The highest BCUT2D eigenvalue weighted by Crippen LogP contribution is 2.24. The zero-order valence-electron chi connectivity index (χ0n) is 23.2. The van der Waals surface area contributed by atoms with E-state index in [0.29, 0.717) is 25.1 Å². The number of anilines is 1. The van der Waals surface area contributed by atoms with Gasteiger partial charge in [-0.05, 0) is 55.5 Å². The van der Waals surface area contributed by atoms with Crippen molar-refractivity contribution in [2.24, 2.45) is 5.92 Å². The number of carbonyl (C=O) groups excluding carboxylic acids is 2. The molecule has 0 bridgehead atoms. The summed E-state index contributed by atoms with van der Waals surface area (Å²) in [5, 5.41) is 2.95. The van der Waals surface area contributed by atoms with Gasteiger partial charge >= 0.3 is 0 Å². The molecule has 0 aliphatic heterocycles. The Labute approximate surface area is 232 Å². The van der Waals surface area contributed by atoms with Crippen molar-refractivity contribution in [1.29, 1.82) is 0 Å². The van der Waals surface area contributed by atoms with Gasteiger partial charge in [0.05, 0.1) is 10.6 Å². The van der Waals surface area contributed by atoms with Crippen molar-refractivity contribution < 1.29 is 18.0 Å². The largest absolute Gasteiger partial charge is 0.354 e. The molecule has 0 fully saturated rings. The Morgan fingerprint density at radius 3 is 2.03 bits per heavy atom. The summed E-state index contributed by atoms with van der Waals surface area (Å²) in [7, 11) is -4.06. The molecule has 0 aliphatic rings. The maximum absolute atomic E-state index is 14.0. The Bertz CT molecular complexity index is 1310. The van der Waals surface area contributed by atoms with E-state index in [1.165, 1.54) is 4.90 Å². The first-order valence-corrected chi connectivity index (χ1v) is 14.8. The molecule has 1 N–H and O–H groups in total. The van der Waals surface area contributed by atoms with Crippen molar-refractivity contribution in [1.82, 2.24) is 10.2 Å². The molecule has 1 atom stereocenters. The van der Waals surface area contributed by atoms with E-state index >= 15 is 0 Å². The lowest BCUT2D eigenvalue weighted by Gasteiger charge is -2.33. The number of para-hydroxylation sites is 1. The number of carbonyl (C=O) groups is 2. The lowest BCUT2D eigenvalue weighted by molar-refractivity contribution is -0.139. The van der Waals surface area contributed by atoms with Crippen molar-refractivity contribution in [3.63, 3.8) is 0 Å². The number of benzene rings is 3. The van der Waals surface area contributed by atoms with Gasteiger partial charge in [-0.1, -0.05) is 87.0 Å². The quantitative estimate of drug-likeness (QED) is 0.331. The fourth-order valence-electron chi connectivity index (χ4n) is 4.28. The van der Waals surface area contributed by atoms with E-state index in [-0.39, 0.29) is 23.3 Å². The van der Waals surface area contributed by atoms with Crippen LogP contribution in [0.1, 0.15) is 38.3 Å². The Balaban J connectivity index is 1.96. The monoisotopic (exact) mass is 549 g/mol. The van der Waals surface area contributed by atoms with Crippen LogP contribution in [-0.2, 0) is 26.0 Å². The molecule has 8 heteroatoms. The predicted molar refractivity (Wildman–Crippen MR) is 156 cm³/mol. The van der Waals surface area contributed by atoms with Crippen LogP contribution < -0.4 is 9.62 Å². The number of aryl methyl sites for hydroxylation is 1. The van der Waals surface area contributed by atoms with Gasteiger partial charge in [0, 0.05) is 13.1 Å². The molecule has 2 amide bonds. The average molecular weight is 550 g/mol. The molecule has 3 rings (SSSR count). The second kappa shape index (κ2) is 13.9. The van der Waals surface area contributed by atoms with Gasteiger partial charge in [0.1, 0.15) is 12.6 Å². The summed E-state index contributed by atoms with van der Waals surface area (Å²) in [5.74, 6) is -0.412. The second-order valence-corrected chi connectivity index (χ2v) is 11.9. The van der Waals surface area contributed by atoms with E-state index in [2.05, 4.69) is 5.32 Å². The minimum Gasteiger partial charge on any atom is -0.354 e. The number of amides is 2. The second-order valence-electron chi connectivity index (χ2n) is 10.0. The van der Waals surface area contributed by atoms with Crippen molar-refractivity contribution in [3.05, 3.63) is 96.1 Å². The summed E-state index contributed by atoms with van der Waals surface area (Å²) in [4.78, 5) is 28.8. The lowest BCUT2D eigenvalue weighted by atomic mass is 10.1. The average Bonchev–Trinajstić information content (AvgIpc) is 2.93. The highest BCUT2D eigenvalue weighted by molar-refractivity contribution is 7.92. The van der Waals surface area contributed by atoms with Crippen molar-refractivity contribution >= 4 is 27.5 Å². The van der Waals surface area contributed by atoms with Crippen LogP contribution in [0.25, 0.3) is 0 Å². The van der Waals surface area contributed by atoms with Crippen molar-refractivity contribution in [2.45, 2.75) is 51.5 Å². The van der Waals surface area contributed by atoms with E-state index in [4.69, 9.17) is 0 Å². The number of hydrogen-bond acceptors (Lipinski definition) is 4. The molecule has 0 saturated heterocycles. The summed E-state index contributed by atoms with van der Waals surface area (Å²) < 4.78 is 28.7. The van der Waals surface area contributed by atoms with Crippen LogP contribution in [0.4, 0.5) is 5.69 Å². The molecule has 0 heterocycles. The van der Waals surface area contributed by atoms with E-state index in [0.717, 1.165) is 15.4 Å². The predicted octanol–water partition coefficient (Wildman–Crippen LogP) is 4.81. The van der Waals surface area contributed by atoms with Gasteiger partial charge in [-0.2, -0.15) is 0 Å². The molecule has 7 nitrogen and oxygen atoms in total. The molecule has 0 unspecified atom stereocenters. The summed E-state index contributed by atoms with van der Waals surface area (Å²) in [6.45, 7) is 8.11. The van der Waals surface area contributed by atoms with Gasteiger partial charge < -0.3 is 10.2 Å². The van der Waals surface area contributed by atoms with Crippen molar-refractivity contribution in [2.75, 3.05) is 23.9 Å². The summed E-state index contributed by atoms with van der Waals surface area (Å²) in [6.07, 6.45) is 0.942. The first-order chi connectivity index (χ1) is 18.6. The maximum atomic E-state index is 14.0. The molecule has 3 aromatic rings. The lowest BCUT2D eigenvalue weighted by Crippen LogP contribution is -2.53. The topological polar surface area (TPSA) is 86.8 Å². The fourth-order valence-corrected chi connectivity index (χ4v) is 5.69. The summed E-state index contributed by atoms with van der Waals surface area (Å²) >= 11 is 0. The van der Waals surface area contributed by atoms with Gasteiger partial charge in [0.15, 0.2) is 0 Å². The standard InChI is InChI=1S/C31H39N3O4S/c1-5-29(31(36)32-22-24(2)3)33(21-20-26-12-8-6-9-13-26)30(35)23-34(27-14-10-7-11-15-27)39(37,38)28-18-16-25(4)17-19-28/h6-19,24,29H,5,20-23H2,1-4H3,(H,32,36)/t29-/m1/s1. The molecular weight excluding hydrogens is 510 g/mol. The van der Waals surface area contributed by atoms with Gasteiger partial charge in [-0.15, -0.1) is 0 Å². The Morgan fingerprint density at radius 2 is 1.46 bits per heavy atom. The number of sulfonamides is 1. The van der Waals surface area contributed by atoms with E-state index in [1.54, 1.807) is 54.6 Å². The van der Waals surface area contributed by atoms with Crippen LogP contribution in [0.15, 0.2) is 89.8 Å². The smallest absolute Gasteiger partial charge is 0.264 e. The van der Waals surface area contributed by atoms with Crippen LogP contribution in [0.3, 0.4) is 0 Å². The maximum Gasteiger partial charge on any atom is 0.264 e. The van der Waals surface area contributed by atoms with E-state index in [1.807, 2.05) is 58.0 Å². The minimum atomic E-state index is -4.06. The Morgan fingerprint density at radius 1 is 0.872 bits per heavy atom. The van der Waals surface area contributed by atoms with Gasteiger partial charge in [0.2, 0.25) is 11.8 Å². The van der Waals surface area contributed by atoms with Crippen LogP contribution in [0.2, 0.25) is 0 Å². The molecule has 0 spiro atoms. The Hall–Kier alpha value is -3.65. The molecule has 208 valence electrons. The molecule has 39 heavy (non-hydrogen) atoms. The van der Waals surface area contributed by atoms with Crippen LogP contribution >= 0.6 is 0 Å². The van der Waals surface area contributed by atoms with Crippen molar-refractivity contribution in [3.8, 4) is 0 Å². The molecule has 0 saturated carbocycles. The third kappa shape index (κ3) is 8.17. The molecular formula is C31H39N3O4S. The zero-order valence-corrected chi connectivity index (χ0v) is 24.0. The number of hydrogen-bond donors (Lipinski definition) is 1. The van der Waals surface area contributed by atoms with Gasteiger partial charge in [-0.3, -0.25) is 13.9 Å². The molecule has 0 radical (unpaired) electrons. The highest BCUT2D eigenvalue weighted by Gasteiger charge is 2.33. The molecule has 3 aromatic carbocycles. The number of nitrogens with zero attached hydrogens (tertiary/aromatic N) is 2. The number of rotatable bonds is 13. The SMILES string of the molecule is CC[C@H](C(=O)NCC(C)C)N(CCc1ccccc1)C(=O)CN(c1ccccc1)S(=O)(=O)c1ccc(C)cc1. The summed E-state index contributed by atoms with van der Waals surface area (Å²) in [6, 6.07) is 24.2. The Kier molecular flexibility index (Phi) is 10.7. The normalized spacial score (nSPS) is 12.1. The van der Waals surface area contributed by atoms with Gasteiger partial charge in [-0.25, -0.2) is 8.42 Å². The third-order valence-electron chi connectivity index (χ3n) is 6.49. The first-order valence-electron chi connectivity index (χ1n) is 13.4. The summed E-state index contributed by atoms with van der Waals surface area (Å²) in [5.41, 5.74) is 2.34. The molecule has 0 aromatic heterocycles. The van der Waals surface area contributed by atoms with Crippen LogP contribution in [0, 0.1) is 12.8 Å². The minimum absolute atomic E-state index is 0.0994. The van der Waals surface area contributed by atoms with E-state index < -0.39 is 28.5 Å². The number of nitrogens with one attached hydrogen (secondary N) is 1. The first kappa shape index (κ1) is 29.9. The van der Waals surface area contributed by atoms with E-state index in [9.17, 15) is 18.0 Å². The van der Waals surface area contributed by atoms with Crippen LogP contribution in [-0.4, -0.2) is 50.8 Å². The fraction of sp³-hybridized carbons (Fsp3) is 0.355. The van der Waals surface area contributed by atoms with Gasteiger partial charge in [0.25, 0.3) is 10.0 Å². The third-order valence-corrected chi connectivity index (χ3v) is 8.27. The highest BCUT2D eigenvalue weighted by atomic mass is 32.2. The molecule has 0 aliphatic carbocycles. The van der Waals surface area contributed by atoms with Crippen LogP contribution in [0.5, 0.6) is 0 Å².